The molecule has 0 radical (unpaired) electrons. The molecule has 3 amide bonds. The van der Waals surface area contributed by atoms with Crippen molar-refractivity contribution in [1.29, 1.82) is 0 Å². The maximum Gasteiger partial charge on any atom is 0.408 e. The minimum absolute atomic E-state index is 0.0197. The van der Waals surface area contributed by atoms with E-state index in [4.69, 9.17) is 9.47 Å². The summed E-state index contributed by atoms with van der Waals surface area (Å²) in [5, 5.41) is 15.1. The standard InChI is InChI=1S/C26H41N3O7/c1-9-35-21(31)13-14-27-23(32)22(19-12-10-11-17(4)18(19)5)29(16(2)3)24(33)20(15-30)28-25(34)36-26(6,7)8/h10-12,16,20,22,30H,9,13-15H2,1-8H3,(H,27,32)(H,28,34). The number of hydrogen-bond donors (Lipinski definition) is 3. The molecule has 0 bridgehead atoms. The summed E-state index contributed by atoms with van der Waals surface area (Å²) in [5.74, 6) is -1.59. The number of aliphatic hydroxyl groups is 1. The average Bonchev–Trinajstić information content (AvgIpc) is 2.76. The molecule has 1 aromatic carbocycles. The second kappa shape index (κ2) is 13.8. The number of alkyl carbamates (subject to hydrolysis) is 1. The van der Waals surface area contributed by atoms with Crippen LogP contribution in [0.15, 0.2) is 18.2 Å². The number of carbonyl (C=O) groups excluding carboxylic acids is 4. The van der Waals surface area contributed by atoms with Gasteiger partial charge >= 0.3 is 12.1 Å². The zero-order valence-corrected chi connectivity index (χ0v) is 22.6. The van der Waals surface area contributed by atoms with Crippen LogP contribution in [0.3, 0.4) is 0 Å². The molecule has 202 valence electrons. The quantitative estimate of drug-likeness (QED) is 0.392. The molecular weight excluding hydrogens is 466 g/mol. The van der Waals surface area contributed by atoms with Crippen LogP contribution in [-0.2, 0) is 23.9 Å². The summed E-state index contributed by atoms with van der Waals surface area (Å²) >= 11 is 0. The largest absolute Gasteiger partial charge is 0.466 e. The average molecular weight is 508 g/mol. The van der Waals surface area contributed by atoms with Gasteiger partial charge in [-0.15, -0.1) is 0 Å². The van der Waals surface area contributed by atoms with Crippen molar-refractivity contribution in [2.75, 3.05) is 19.8 Å². The van der Waals surface area contributed by atoms with E-state index < -0.39 is 54.2 Å². The molecule has 0 aliphatic rings. The number of hydrogen-bond acceptors (Lipinski definition) is 7. The maximum absolute atomic E-state index is 13.6. The van der Waals surface area contributed by atoms with Crippen LogP contribution in [-0.4, -0.2) is 71.3 Å². The van der Waals surface area contributed by atoms with Gasteiger partial charge in [0.1, 0.15) is 17.7 Å². The molecule has 2 atom stereocenters. The highest BCUT2D eigenvalue weighted by molar-refractivity contribution is 5.92. The highest BCUT2D eigenvalue weighted by atomic mass is 16.6. The van der Waals surface area contributed by atoms with Crippen LogP contribution < -0.4 is 10.6 Å². The van der Waals surface area contributed by atoms with Crippen LogP contribution in [0, 0.1) is 13.8 Å². The van der Waals surface area contributed by atoms with Crippen LogP contribution in [0.4, 0.5) is 4.79 Å². The Kier molecular flexibility index (Phi) is 11.9. The predicted octanol–water partition coefficient (Wildman–Crippen LogP) is 2.54. The fourth-order valence-corrected chi connectivity index (χ4v) is 3.60. The Morgan fingerprint density at radius 1 is 1.11 bits per heavy atom. The first-order valence-electron chi connectivity index (χ1n) is 12.1. The smallest absolute Gasteiger partial charge is 0.408 e. The molecular formula is C26H41N3O7. The first-order valence-corrected chi connectivity index (χ1v) is 12.1. The van der Waals surface area contributed by atoms with Crippen molar-refractivity contribution in [2.45, 2.75) is 85.5 Å². The summed E-state index contributed by atoms with van der Waals surface area (Å²) in [6.07, 6.45) is -0.880. The predicted molar refractivity (Wildman–Crippen MR) is 135 cm³/mol. The second-order valence-electron chi connectivity index (χ2n) is 9.76. The third-order valence-electron chi connectivity index (χ3n) is 5.38. The molecule has 10 nitrogen and oxygen atoms in total. The van der Waals surface area contributed by atoms with E-state index in [1.54, 1.807) is 53.7 Å². The summed E-state index contributed by atoms with van der Waals surface area (Å²) in [4.78, 5) is 52.5. The van der Waals surface area contributed by atoms with Crippen molar-refractivity contribution in [3.63, 3.8) is 0 Å². The van der Waals surface area contributed by atoms with Crippen molar-refractivity contribution >= 4 is 23.9 Å². The molecule has 1 aromatic rings. The molecule has 1 rings (SSSR count). The maximum atomic E-state index is 13.6. The van der Waals surface area contributed by atoms with Gasteiger partial charge in [-0.25, -0.2) is 4.79 Å². The van der Waals surface area contributed by atoms with Crippen LogP contribution in [0.25, 0.3) is 0 Å². The van der Waals surface area contributed by atoms with Gasteiger partial charge in [-0.3, -0.25) is 14.4 Å². The highest BCUT2D eigenvalue weighted by Crippen LogP contribution is 2.29. The fourth-order valence-electron chi connectivity index (χ4n) is 3.60. The van der Waals surface area contributed by atoms with Gasteiger partial charge in [-0.1, -0.05) is 18.2 Å². The van der Waals surface area contributed by atoms with Crippen molar-refractivity contribution in [3.8, 4) is 0 Å². The number of rotatable bonds is 11. The summed E-state index contributed by atoms with van der Waals surface area (Å²) in [7, 11) is 0. The van der Waals surface area contributed by atoms with E-state index in [2.05, 4.69) is 10.6 Å². The van der Waals surface area contributed by atoms with Crippen LogP contribution in [0.5, 0.6) is 0 Å². The number of aliphatic hydroxyl groups excluding tert-OH is 1. The first-order chi connectivity index (χ1) is 16.7. The van der Waals surface area contributed by atoms with Crippen LogP contribution >= 0.6 is 0 Å². The molecule has 0 saturated heterocycles. The van der Waals surface area contributed by atoms with E-state index in [1.807, 2.05) is 19.9 Å². The number of esters is 1. The van der Waals surface area contributed by atoms with Crippen LogP contribution in [0.2, 0.25) is 0 Å². The van der Waals surface area contributed by atoms with Crippen molar-refractivity contribution in [2.24, 2.45) is 0 Å². The molecule has 0 heterocycles. The number of ether oxygens (including phenoxy) is 2. The third kappa shape index (κ3) is 9.14. The molecule has 2 unspecified atom stereocenters. The van der Waals surface area contributed by atoms with Crippen molar-refractivity contribution in [1.82, 2.24) is 15.5 Å². The molecule has 0 aromatic heterocycles. The lowest BCUT2D eigenvalue weighted by Gasteiger charge is -2.37. The molecule has 0 spiro atoms. The van der Waals surface area contributed by atoms with Gasteiger partial charge in [0.15, 0.2) is 0 Å². The monoisotopic (exact) mass is 507 g/mol. The van der Waals surface area contributed by atoms with Gasteiger partial charge in [-0.05, 0) is 72.1 Å². The lowest BCUT2D eigenvalue weighted by Crippen LogP contribution is -2.56. The Balaban J connectivity index is 3.36. The highest BCUT2D eigenvalue weighted by Gasteiger charge is 2.38. The molecule has 3 N–H and O–H groups in total. The van der Waals surface area contributed by atoms with Gasteiger partial charge < -0.3 is 30.1 Å². The number of nitrogens with zero attached hydrogens (tertiary/aromatic N) is 1. The van der Waals surface area contributed by atoms with Crippen molar-refractivity contribution in [3.05, 3.63) is 34.9 Å². The number of aryl methyl sites for hydroxylation is 1. The first kappa shape index (κ1) is 30.9. The summed E-state index contributed by atoms with van der Waals surface area (Å²) < 4.78 is 10.1. The minimum Gasteiger partial charge on any atom is -0.466 e. The zero-order chi connectivity index (χ0) is 27.6. The van der Waals surface area contributed by atoms with Gasteiger partial charge in [0.2, 0.25) is 11.8 Å². The molecule has 0 fully saturated rings. The number of benzene rings is 1. The summed E-state index contributed by atoms with van der Waals surface area (Å²) in [6.45, 7) is 13.5. The summed E-state index contributed by atoms with van der Waals surface area (Å²) in [5.41, 5.74) is 1.55. The molecule has 0 aliphatic heterocycles. The minimum atomic E-state index is -1.33. The Morgan fingerprint density at radius 2 is 1.75 bits per heavy atom. The number of nitrogens with one attached hydrogen (secondary N) is 2. The number of amides is 3. The van der Waals surface area contributed by atoms with Gasteiger partial charge in [-0.2, -0.15) is 0 Å². The lowest BCUT2D eigenvalue weighted by molar-refractivity contribution is -0.146. The molecule has 0 aliphatic carbocycles. The van der Waals surface area contributed by atoms with E-state index in [9.17, 15) is 24.3 Å². The van der Waals surface area contributed by atoms with Crippen molar-refractivity contribution < 1.29 is 33.8 Å². The molecule has 0 saturated carbocycles. The summed E-state index contributed by atoms with van der Waals surface area (Å²) in [6, 6.07) is 2.57. The molecule has 36 heavy (non-hydrogen) atoms. The Labute approximate surface area is 213 Å². The van der Waals surface area contributed by atoms with Gasteiger partial charge in [0, 0.05) is 12.6 Å². The van der Waals surface area contributed by atoms with E-state index in [0.29, 0.717) is 5.56 Å². The Hall–Kier alpha value is -3.14. The Morgan fingerprint density at radius 3 is 2.28 bits per heavy atom. The second-order valence-corrected chi connectivity index (χ2v) is 9.76. The third-order valence-corrected chi connectivity index (χ3v) is 5.38. The normalized spacial score (nSPS) is 12.9. The topological polar surface area (TPSA) is 134 Å². The van der Waals surface area contributed by atoms with E-state index >= 15 is 0 Å². The van der Waals surface area contributed by atoms with Gasteiger partial charge in [0.05, 0.1) is 19.6 Å². The zero-order valence-electron chi connectivity index (χ0n) is 22.6. The molecule has 10 heteroatoms. The van der Waals surface area contributed by atoms with Crippen LogP contribution in [0.1, 0.15) is 70.7 Å². The lowest BCUT2D eigenvalue weighted by atomic mass is 9.94. The van der Waals surface area contributed by atoms with E-state index in [1.165, 1.54) is 4.90 Å². The van der Waals surface area contributed by atoms with Gasteiger partial charge in [0.25, 0.3) is 0 Å². The van der Waals surface area contributed by atoms with E-state index in [-0.39, 0.29) is 19.6 Å². The Bertz CT molecular complexity index is 925. The SMILES string of the molecule is CCOC(=O)CCNC(=O)C(c1cccc(C)c1C)N(C(=O)C(CO)NC(=O)OC(C)(C)C)C(C)C. The fraction of sp³-hybridized carbons (Fsp3) is 0.615. The van der Waals surface area contributed by atoms with E-state index in [0.717, 1.165) is 11.1 Å². The number of carbonyl (C=O) groups is 4.